The zero-order chi connectivity index (χ0) is 11.4. The van der Waals surface area contributed by atoms with E-state index in [9.17, 15) is 4.79 Å². The highest BCUT2D eigenvalue weighted by molar-refractivity contribution is 5.91. The Morgan fingerprint density at radius 1 is 1.44 bits per heavy atom. The number of carbonyl (C=O) groups excluding carboxylic acids is 1. The van der Waals surface area contributed by atoms with Gasteiger partial charge >= 0.3 is 0 Å². The van der Waals surface area contributed by atoms with Gasteiger partial charge in [-0.2, -0.15) is 0 Å². The van der Waals surface area contributed by atoms with Crippen molar-refractivity contribution >= 4 is 11.7 Å². The normalized spacial score (nSPS) is 15.9. The maximum atomic E-state index is 11.1. The molecule has 1 saturated heterocycles. The first-order valence-electron chi connectivity index (χ1n) is 4.90. The minimum absolute atomic E-state index is 0.0893. The Morgan fingerprint density at radius 3 is 2.88 bits per heavy atom. The fraction of sp³-hybridized carbons (Fsp3) is 0.444. The molecule has 2 N–H and O–H groups in total. The average molecular weight is 224 g/mol. The Labute approximate surface area is 92.0 Å². The Balaban J connectivity index is 2.17. The van der Waals surface area contributed by atoms with Gasteiger partial charge in [0.1, 0.15) is 5.82 Å². The third-order valence-electron chi connectivity index (χ3n) is 2.29. The van der Waals surface area contributed by atoms with Crippen LogP contribution in [0.2, 0.25) is 0 Å². The molecule has 1 aliphatic rings. The highest BCUT2D eigenvalue weighted by Gasteiger charge is 2.14. The zero-order valence-corrected chi connectivity index (χ0v) is 8.59. The Morgan fingerprint density at radius 2 is 2.19 bits per heavy atom. The summed E-state index contributed by atoms with van der Waals surface area (Å²) in [4.78, 5) is 21.1. The number of aromatic nitrogens is 2. The molecule has 16 heavy (non-hydrogen) atoms. The molecule has 2 heterocycles. The van der Waals surface area contributed by atoms with Gasteiger partial charge in [0.25, 0.3) is 5.91 Å². The van der Waals surface area contributed by atoms with E-state index in [0.717, 1.165) is 13.1 Å². The van der Waals surface area contributed by atoms with E-state index in [0.29, 0.717) is 19.0 Å². The maximum Gasteiger partial charge on any atom is 0.294 e. The van der Waals surface area contributed by atoms with E-state index < -0.39 is 5.91 Å². The summed E-state index contributed by atoms with van der Waals surface area (Å²) in [6.45, 7) is 2.72. The van der Waals surface area contributed by atoms with Crippen molar-refractivity contribution in [2.24, 2.45) is 0 Å². The average Bonchev–Trinajstić information content (AvgIpc) is 2.39. The minimum Gasteiger partial charge on any atom is -0.378 e. The first-order valence-corrected chi connectivity index (χ1v) is 4.90. The second-order valence-corrected chi connectivity index (χ2v) is 3.30. The number of carbonyl (C=O) groups is 1. The molecule has 1 amide bonds. The molecule has 1 aromatic rings. The Kier molecular flexibility index (Phi) is 3.28. The van der Waals surface area contributed by atoms with E-state index in [1.165, 1.54) is 11.7 Å². The predicted octanol–water partition coefficient (Wildman–Crippen LogP) is -0.568. The Bertz CT molecular complexity index is 379. The second kappa shape index (κ2) is 4.86. The molecule has 1 aromatic heterocycles. The summed E-state index contributed by atoms with van der Waals surface area (Å²) in [7, 11) is 0. The molecule has 1 fully saturated rings. The fourth-order valence-corrected chi connectivity index (χ4v) is 1.47. The maximum absolute atomic E-state index is 11.1. The molecule has 0 aromatic carbocycles. The Hall–Kier alpha value is -1.73. The van der Waals surface area contributed by atoms with E-state index in [1.54, 1.807) is 6.20 Å². The van der Waals surface area contributed by atoms with Crippen LogP contribution in [0, 0.1) is 0 Å². The van der Waals surface area contributed by atoms with Crippen LogP contribution in [0.15, 0.2) is 12.4 Å². The standard InChI is InChI=1S/C9H12N4O3/c14-9(12-15)7-5-10-6-8(11-7)13-1-3-16-4-2-13/h5-6,15H,1-4H2,(H,12,14). The summed E-state index contributed by atoms with van der Waals surface area (Å²) in [5, 5.41) is 8.49. The largest absolute Gasteiger partial charge is 0.378 e. The van der Waals surface area contributed by atoms with Crippen molar-refractivity contribution < 1.29 is 14.7 Å². The molecule has 2 rings (SSSR count). The predicted molar refractivity (Wildman–Crippen MR) is 54.3 cm³/mol. The van der Waals surface area contributed by atoms with Crippen LogP contribution in [-0.4, -0.2) is 47.4 Å². The second-order valence-electron chi connectivity index (χ2n) is 3.30. The molecule has 1 aliphatic heterocycles. The number of hydrogen-bond donors (Lipinski definition) is 2. The molecule has 0 saturated carbocycles. The molecule has 7 heteroatoms. The number of nitrogens with zero attached hydrogens (tertiary/aromatic N) is 3. The molecule has 0 aliphatic carbocycles. The summed E-state index contributed by atoms with van der Waals surface area (Å²) < 4.78 is 5.21. The van der Waals surface area contributed by atoms with Crippen LogP contribution in [0.4, 0.5) is 5.82 Å². The van der Waals surface area contributed by atoms with E-state index in [4.69, 9.17) is 9.94 Å². The van der Waals surface area contributed by atoms with Gasteiger partial charge in [-0.15, -0.1) is 0 Å². The number of nitrogens with one attached hydrogen (secondary N) is 1. The van der Waals surface area contributed by atoms with Crippen LogP contribution in [0.5, 0.6) is 0 Å². The fourth-order valence-electron chi connectivity index (χ4n) is 1.47. The zero-order valence-electron chi connectivity index (χ0n) is 8.59. The van der Waals surface area contributed by atoms with E-state index in [-0.39, 0.29) is 5.69 Å². The molecule has 0 unspecified atom stereocenters. The molecule has 0 atom stereocenters. The molecule has 0 bridgehead atoms. The van der Waals surface area contributed by atoms with Crippen LogP contribution in [0.25, 0.3) is 0 Å². The smallest absolute Gasteiger partial charge is 0.294 e. The van der Waals surface area contributed by atoms with E-state index >= 15 is 0 Å². The lowest BCUT2D eigenvalue weighted by Gasteiger charge is -2.27. The number of hydroxylamine groups is 1. The highest BCUT2D eigenvalue weighted by atomic mass is 16.5. The molecular weight excluding hydrogens is 212 g/mol. The van der Waals surface area contributed by atoms with Gasteiger partial charge in [0.05, 0.1) is 25.6 Å². The third kappa shape index (κ3) is 2.26. The van der Waals surface area contributed by atoms with Gasteiger partial charge in [0.15, 0.2) is 5.69 Å². The third-order valence-corrected chi connectivity index (χ3v) is 2.29. The summed E-state index contributed by atoms with van der Waals surface area (Å²) in [5.74, 6) is -0.0491. The van der Waals surface area contributed by atoms with E-state index in [2.05, 4.69) is 9.97 Å². The molecule has 0 radical (unpaired) electrons. The molecule has 0 spiro atoms. The number of ether oxygens (including phenoxy) is 1. The van der Waals surface area contributed by atoms with Crippen molar-refractivity contribution in [1.82, 2.24) is 15.4 Å². The van der Waals surface area contributed by atoms with Crippen molar-refractivity contribution in [3.63, 3.8) is 0 Å². The van der Waals surface area contributed by atoms with Crippen LogP contribution in [-0.2, 0) is 4.74 Å². The minimum atomic E-state index is -0.664. The number of rotatable bonds is 2. The van der Waals surface area contributed by atoms with Crippen LogP contribution in [0.1, 0.15) is 10.5 Å². The van der Waals surface area contributed by atoms with Crippen molar-refractivity contribution in [2.45, 2.75) is 0 Å². The van der Waals surface area contributed by atoms with E-state index in [1.807, 2.05) is 4.90 Å². The van der Waals surface area contributed by atoms with Gasteiger partial charge in [-0.05, 0) is 0 Å². The molecular formula is C9H12N4O3. The summed E-state index contributed by atoms with van der Waals surface area (Å²) in [6, 6.07) is 0. The monoisotopic (exact) mass is 224 g/mol. The number of hydrogen-bond acceptors (Lipinski definition) is 6. The lowest BCUT2D eigenvalue weighted by Crippen LogP contribution is -2.37. The van der Waals surface area contributed by atoms with Crippen LogP contribution < -0.4 is 10.4 Å². The van der Waals surface area contributed by atoms with Gasteiger partial charge in [-0.3, -0.25) is 15.0 Å². The molecule has 7 nitrogen and oxygen atoms in total. The molecule has 86 valence electrons. The van der Waals surface area contributed by atoms with Gasteiger partial charge in [0.2, 0.25) is 0 Å². The van der Waals surface area contributed by atoms with Gasteiger partial charge in [-0.1, -0.05) is 0 Å². The van der Waals surface area contributed by atoms with Gasteiger partial charge in [0, 0.05) is 13.1 Å². The first-order chi connectivity index (χ1) is 7.81. The topological polar surface area (TPSA) is 87.6 Å². The van der Waals surface area contributed by atoms with Crippen LogP contribution in [0.3, 0.4) is 0 Å². The lowest BCUT2D eigenvalue weighted by molar-refractivity contribution is 0.0700. The summed E-state index contributed by atoms with van der Waals surface area (Å²) in [5.41, 5.74) is 1.62. The lowest BCUT2D eigenvalue weighted by atomic mass is 10.4. The van der Waals surface area contributed by atoms with Crippen LogP contribution >= 0.6 is 0 Å². The SMILES string of the molecule is O=C(NO)c1cncc(N2CCOCC2)n1. The van der Waals surface area contributed by atoms with Gasteiger partial charge in [-0.25, -0.2) is 10.5 Å². The van der Waals surface area contributed by atoms with Crippen molar-refractivity contribution in [3.05, 3.63) is 18.1 Å². The summed E-state index contributed by atoms with van der Waals surface area (Å²) >= 11 is 0. The van der Waals surface area contributed by atoms with Crippen molar-refractivity contribution in [2.75, 3.05) is 31.2 Å². The van der Waals surface area contributed by atoms with Gasteiger partial charge < -0.3 is 9.64 Å². The van der Waals surface area contributed by atoms with Crippen molar-refractivity contribution in [1.29, 1.82) is 0 Å². The number of amides is 1. The highest BCUT2D eigenvalue weighted by Crippen LogP contribution is 2.11. The first kappa shape index (κ1) is 10.8. The van der Waals surface area contributed by atoms with Crippen molar-refractivity contribution in [3.8, 4) is 0 Å². The summed E-state index contributed by atoms with van der Waals surface area (Å²) in [6.07, 6.45) is 2.88. The number of anilines is 1. The number of morpholine rings is 1. The quantitative estimate of drug-likeness (QED) is 0.517.